The lowest BCUT2D eigenvalue weighted by Crippen LogP contribution is -2.33. The molecular formula is C20H39N. The smallest absolute Gasteiger partial charge is 0.00698 e. The molecule has 2 saturated carbocycles. The van der Waals surface area contributed by atoms with Gasteiger partial charge in [-0.25, -0.2) is 0 Å². The zero-order chi connectivity index (χ0) is 15.2. The standard InChI is InChI=1S/C20H39N/c1-4-6-7-8-15(3)13-20(21)18-12-10-16-9-11-17(14-18)19(16)5-2/h15-20H,4-14,21H2,1-3H3. The predicted molar refractivity (Wildman–Crippen MR) is 93.2 cm³/mol. The number of fused-ring (bicyclic) bond motifs is 2. The summed E-state index contributed by atoms with van der Waals surface area (Å²) in [5.41, 5.74) is 6.64. The zero-order valence-corrected chi connectivity index (χ0v) is 14.8. The van der Waals surface area contributed by atoms with Crippen molar-refractivity contribution in [1.29, 1.82) is 0 Å². The van der Waals surface area contributed by atoms with Crippen molar-refractivity contribution in [2.75, 3.05) is 0 Å². The minimum atomic E-state index is 0.471. The minimum Gasteiger partial charge on any atom is -0.327 e. The second-order valence-electron chi connectivity index (χ2n) is 8.24. The van der Waals surface area contributed by atoms with E-state index in [2.05, 4.69) is 20.8 Å². The summed E-state index contributed by atoms with van der Waals surface area (Å²) in [5, 5.41) is 0. The van der Waals surface area contributed by atoms with Crippen molar-refractivity contribution in [3.63, 3.8) is 0 Å². The summed E-state index contributed by atoms with van der Waals surface area (Å²) in [6.07, 6.45) is 15.5. The first-order valence-electron chi connectivity index (χ1n) is 9.91. The fourth-order valence-corrected chi connectivity index (χ4v) is 5.40. The van der Waals surface area contributed by atoms with Gasteiger partial charge in [0.2, 0.25) is 0 Å². The number of unbranched alkanes of at least 4 members (excludes halogenated alkanes) is 2. The lowest BCUT2D eigenvalue weighted by molar-refractivity contribution is 0.258. The normalized spacial score (nSPS) is 35.4. The molecule has 2 aliphatic rings. The van der Waals surface area contributed by atoms with Gasteiger partial charge in [0.1, 0.15) is 0 Å². The maximum atomic E-state index is 6.64. The third-order valence-electron chi connectivity index (χ3n) is 6.68. The van der Waals surface area contributed by atoms with Crippen molar-refractivity contribution in [3.05, 3.63) is 0 Å². The Hall–Kier alpha value is -0.0400. The fourth-order valence-electron chi connectivity index (χ4n) is 5.40. The SMILES string of the molecule is CCCCCC(C)CC(N)C1CCC2CCC(C1)C2CC. The highest BCUT2D eigenvalue weighted by Crippen LogP contribution is 2.49. The second kappa shape index (κ2) is 8.56. The molecule has 0 aromatic heterocycles. The van der Waals surface area contributed by atoms with Crippen molar-refractivity contribution < 1.29 is 0 Å². The highest BCUT2D eigenvalue weighted by molar-refractivity contribution is 4.91. The molecule has 6 atom stereocenters. The van der Waals surface area contributed by atoms with Crippen molar-refractivity contribution in [1.82, 2.24) is 0 Å². The summed E-state index contributed by atoms with van der Waals surface area (Å²) >= 11 is 0. The molecule has 124 valence electrons. The summed E-state index contributed by atoms with van der Waals surface area (Å²) in [7, 11) is 0. The first-order valence-corrected chi connectivity index (χ1v) is 9.91. The third-order valence-corrected chi connectivity index (χ3v) is 6.68. The molecule has 2 fully saturated rings. The topological polar surface area (TPSA) is 26.0 Å². The van der Waals surface area contributed by atoms with E-state index in [4.69, 9.17) is 5.73 Å². The first kappa shape index (κ1) is 17.3. The van der Waals surface area contributed by atoms with Crippen LogP contribution < -0.4 is 5.73 Å². The highest BCUT2D eigenvalue weighted by atomic mass is 14.7. The van der Waals surface area contributed by atoms with Gasteiger partial charge in [-0.15, -0.1) is 0 Å². The molecule has 1 nitrogen and oxygen atoms in total. The van der Waals surface area contributed by atoms with Gasteiger partial charge in [0.05, 0.1) is 0 Å². The molecule has 6 unspecified atom stereocenters. The third kappa shape index (κ3) is 4.71. The monoisotopic (exact) mass is 293 g/mol. The predicted octanol–water partition coefficient (Wildman–Crippen LogP) is 5.77. The molecule has 0 aromatic rings. The Kier molecular flexibility index (Phi) is 7.05. The second-order valence-corrected chi connectivity index (χ2v) is 8.24. The Bertz CT molecular complexity index is 288. The average molecular weight is 294 g/mol. The molecule has 0 saturated heterocycles. The molecule has 21 heavy (non-hydrogen) atoms. The van der Waals surface area contributed by atoms with E-state index >= 15 is 0 Å². The van der Waals surface area contributed by atoms with E-state index < -0.39 is 0 Å². The largest absolute Gasteiger partial charge is 0.327 e. The molecule has 2 bridgehead atoms. The summed E-state index contributed by atoms with van der Waals surface area (Å²) in [6.45, 7) is 7.13. The van der Waals surface area contributed by atoms with Crippen LogP contribution in [0.25, 0.3) is 0 Å². The molecule has 0 heterocycles. The first-order chi connectivity index (χ1) is 10.2. The van der Waals surface area contributed by atoms with Gasteiger partial charge in [0.15, 0.2) is 0 Å². The van der Waals surface area contributed by atoms with Crippen LogP contribution in [0, 0.1) is 29.6 Å². The Labute approximate surface area is 133 Å². The molecule has 0 radical (unpaired) electrons. The Morgan fingerprint density at radius 2 is 1.71 bits per heavy atom. The van der Waals surface area contributed by atoms with Gasteiger partial charge < -0.3 is 5.73 Å². The van der Waals surface area contributed by atoms with E-state index in [1.165, 1.54) is 70.6 Å². The Balaban J connectivity index is 1.79. The van der Waals surface area contributed by atoms with E-state index in [-0.39, 0.29) is 0 Å². The molecule has 0 amide bonds. The number of rotatable bonds is 8. The molecule has 2 rings (SSSR count). The molecule has 2 aliphatic carbocycles. The van der Waals surface area contributed by atoms with E-state index in [0.29, 0.717) is 6.04 Å². The molecule has 0 aliphatic heterocycles. The van der Waals surface area contributed by atoms with Crippen LogP contribution in [0.3, 0.4) is 0 Å². The summed E-state index contributed by atoms with van der Waals surface area (Å²) in [4.78, 5) is 0. The van der Waals surface area contributed by atoms with Crippen LogP contribution in [0.15, 0.2) is 0 Å². The van der Waals surface area contributed by atoms with Gasteiger partial charge in [-0.05, 0) is 68.1 Å². The van der Waals surface area contributed by atoms with Crippen LogP contribution >= 0.6 is 0 Å². The fraction of sp³-hybridized carbons (Fsp3) is 1.00. The molecule has 0 aromatic carbocycles. The van der Waals surface area contributed by atoms with Crippen molar-refractivity contribution >= 4 is 0 Å². The molecular weight excluding hydrogens is 254 g/mol. The summed E-state index contributed by atoms with van der Waals surface area (Å²) in [6, 6.07) is 0.471. The van der Waals surface area contributed by atoms with E-state index in [1.807, 2.05) is 0 Å². The van der Waals surface area contributed by atoms with Crippen LogP contribution in [-0.4, -0.2) is 6.04 Å². The highest BCUT2D eigenvalue weighted by Gasteiger charge is 2.39. The number of nitrogens with two attached hydrogens (primary N) is 1. The lowest BCUT2D eigenvalue weighted by Gasteiger charge is -2.28. The minimum absolute atomic E-state index is 0.471. The summed E-state index contributed by atoms with van der Waals surface area (Å²) in [5.74, 6) is 4.73. The molecule has 1 heteroatoms. The van der Waals surface area contributed by atoms with Crippen LogP contribution in [0.4, 0.5) is 0 Å². The Morgan fingerprint density at radius 1 is 1.00 bits per heavy atom. The maximum absolute atomic E-state index is 6.64. The van der Waals surface area contributed by atoms with Gasteiger partial charge in [0.25, 0.3) is 0 Å². The zero-order valence-electron chi connectivity index (χ0n) is 14.8. The quantitative estimate of drug-likeness (QED) is 0.565. The van der Waals surface area contributed by atoms with Gasteiger partial charge in [-0.1, -0.05) is 52.9 Å². The lowest BCUT2D eigenvalue weighted by atomic mass is 9.80. The van der Waals surface area contributed by atoms with E-state index in [1.54, 1.807) is 0 Å². The Morgan fingerprint density at radius 3 is 2.43 bits per heavy atom. The van der Waals surface area contributed by atoms with Crippen LogP contribution in [0.2, 0.25) is 0 Å². The van der Waals surface area contributed by atoms with Gasteiger partial charge in [0, 0.05) is 6.04 Å². The van der Waals surface area contributed by atoms with Gasteiger partial charge >= 0.3 is 0 Å². The van der Waals surface area contributed by atoms with Crippen LogP contribution in [0.1, 0.15) is 91.4 Å². The number of hydrogen-bond donors (Lipinski definition) is 1. The van der Waals surface area contributed by atoms with Crippen LogP contribution in [-0.2, 0) is 0 Å². The average Bonchev–Trinajstić information content (AvgIpc) is 2.72. The van der Waals surface area contributed by atoms with Gasteiger partial charge in [-0.2, -0.15) is 0 Å². The van der Waals surface area contributed by atoms with Crippen LogP contribution in [0.5, 0.6) is 0 Å². The molecule has 0 spiro atoms. The van der Waals surface area contributed by atoms with E-state index in [9.17, 15) is 0 Å². The maximum Gasteiger partial charge on any atom is 0.00698 e. The van der Waals surface area contributed by atoms with Crippen molar-refractivity contribution in [2.45, 2.75) is 97.4 Å². The van der Waals surface area contributed by atoms with Crippen molar-refractivity contribution in [3.8, 4) is 0 Å². The van der Waals surface area contributed by atoms with Crippen molar-refractivity contribution in [2.24, 2.45) is 35.3 Å². The summed E-state index contributed by atoms with van der Waals surface area (Å²) < 4.78 is 0. The molecule has 2 N–H and O–H groups in total. The number of hydrogen-bond acceptors (Lipinski definition) is 1. The van der Waals surface area contributed by atoms with Gasteiger partial charge in [-0.3, -0.25) is 0 Å². The van der Waals surface area contributed by atoms with E-state index in [0.717, 1.165) is 29.6 Å².